The number of aromatic amines is 1. The van der Waals surface area contributed by atoms with Crippen molar-refractivity contribution in [2.75, 3.05) is 25.6 Å². The van der Waals surface area contributed by atoms with Crippen molar-refractivity contribution in [3.05, 3.63) is 22.4 Å². The van der Waals surface area contributed by atoms with Gasteiger partial charge in [0.1, 0.15) is 5.82 Å². The monoisotopic (exact) mass is 182 g/mol. The van der Waals surface area contributed by atoms with E-state index in [-0.39, 0.29) is 5.43 Å². The lowest BCUT2D eigenvalue weighted by molar-refractivity contribution is 0.327. The maximum atomic E-state index is 11.2. The van der Waals surface area contributed by atoms with Crippen LogP contribution in [0.25, 0.3) is 0 Å². The van der Waals surface area contributed by atoms with Gasteiger partial charge in [0, 0.05) is 26.2 Å². The molecule has 0 aliphatic rings. The second-order valence-electron chi connectivity index (χ2n) is 2.89. The summed E-state index contributed by atoms with van der Waals surface area (Å²) in [4.78, 5) is 16.0. The molecule has 1 aromatic rings. The van der Waals surface area contributed by atoms with E-state index in [0.29, 0.717) is 12.5 Å². The summed E-state index contributed by atoms with van der Waals surface area (Å²) in [5, 5.41) is 0. The highest BCUT2D eigenvalue weighted by Gasteiger charge is 2.00. The van der Waals surface area contributed by atoms with Crippen molar-refractivity contribution in [2.24, 2.45) is 0 Å². The van der Waals surface area contributed by atoms with E-state index in [0.717, 1.165) is 5.82 Å². The van der Waals surface area contributed by atoms with Crippen molar-refractivity contribution in [3.8, 4) is 5.88 Å². The molecule has 4 heteroatoms. The molecule has 1 N–H and O–H groups in total. The van der Waals surface area contributed by atoms with E-state index in [2.05, 4.69) is 4.98 Å². The van der Waals surface area contributed by atoms with E-state index in [1.54, 1.807) is 0 Å². The Kier molecular flexibility index (Phi) is 2.95. The van der Waals surface area contributed by atoms with Crippen LogP contribution in [0.3, 0.4) is 0 Å². The van der Waals surface area contributed by atoms with Gasteiger partial charge in [-0.15, -0.1) is 0 Å². The van der Waals surface area contributed by atoms with Gasteiger partial charge in [-0.2, -0.15) is 0 Å². The van der Waals surface area contributed by atoms with Gasteiger partial charge in [0.2, 0.25) is 0 Å². The molecular formula is C9H14N2O2. The van der Waals surface area contributed by atoms with Crippen LogP contribution in [0.5, 0.6) is 5.88 Å². The highest BCUT2D eigenvalue weighted by atomic mass is 16.5. The smallest absolute Gasteiger partial charge is 0.196 e. The highest BCUT2D eigenvalue weighted by Crippen LogP contribution is 2.09. The Labute approximate surface area is 77.1 Å². The Morgan fingerprint density at radius 2 is 2.15 bits per heavy atom. The van der Waals surface area contributed by atoms with Gasteiger partial charge in [-0.25, -0.2) is 0 Å². The molecule has 0 fully saturated rings. The van der Waals surface area contributed by atoms with E-state index in [4.69, 9.17) is 4.74 Å². The van der Waals surface area contributed by atoms with Crippen LogP contribution in [0.1, 0.15) is 6.92 Å². The van der Waals surface area contributed by atoms with E-state index < -0.39 is 0 Å². The molecule has 72 valence electrons. The Hall–Kier alpha value is -1.45. The molecule has 0 bridgehead atoms. The molecule has 0 aliphatic heterocycles. The molecule has 0 amide bonds. The topological polar surface area (TPSA) is 45.3 Å². The Morgan fingerprint density at radius 3 is 2.69 bits per heavy atom. The van der Waals surface area contributed by atoms with Crippen LogP contribution in [0.4, 0.5) is 5.82 Å². The Balaban J connectivity index is 3.04. The van der Waals surface area contributed by atoms with Gasteiger partial charge >= 0.3 is 0 Å². The van der Waals surface area contributed by atoms with E-state index in [1.807, 2.05) is 25.9 Å². The number of hydrogen-bond acceptors (Lipinski definition) is 3. The van der Waals surface area contributed by atoms with Gasteiger partial charge in [0.15, 0.2) is 11.3 Å². The predicted octanol–water partition coefficient (Wildman–Crippen LogP) is 0.840. The third kappa shape index (κ3) is 2.50. The number of pyridine rings is 1. The largest absolute Gasteiger partial charge is 0.479 e. The third-order valence-corrected chi connectivity index (χ3v) is 1.59. The van der Waals surface area contributed by atoms with Crippen molar-refractivity contribution in [3.63, 3.8) is 0 Å². The first kappa shape index (κ1) is 9.64. The average Bonchev–Trinajstić information content (AvgIpc) is 2.03. The summed E-state index contributed by atoms with van der Waals surface area (Å²) in [5.41, 5.74) is -0.0501. The van der Waals surface area contributed by atoms with Crippen molar-refractivity contribution >= 4 is 5.82 Å². The van der Waals surface area contributed by atoms with Crippen LogP contribution in [-0.2, 0) is 0 Å². The molecule has 0 aliphatic carbocycles. The minimum Gasteiger partial charge on any atom is -0.479 e. The van der Waals surface area contributed by atoms with E-state index in [9.17, 15) is 4.79 Å². The van der Waals surface area contributed by atoms with Crippen LogP contribution < -0.4 is 15.1 Å². The fourth-order valence-electron chi connectivity index (χ4n) is 0.978. The SMILES string of the molecule is CCOc1cc(=O)cc(N(C)C)[nH]1. The number of ether oxygens (including phenoxy) is 1. The third-order valence-electron chi connectivity index (χ3n) is 1.59. The zero-order chi connectivity index (χ0) is 9.84. The summed E-state index contributed by atoms with van der Waals surface area (Å²) in [6, 6.07) is 2.97. The number of aromatic nitrogens is 1. The summed E-state index contributed by atoms with van der Waals surface area (Å²) in [6.45, 7) is 2.42. The van der Waals surface area contributed by atoms with Crippen LogP contribution in [0, 0.1) is 0 Å². The first-order valence-electron chi connectivity index (χ1n) is 4.18. The Bertz CT molecular complexity index is 331. The van der Waals surface area contributed by atoms with E-state index >= 15 is 0 Å². The zero-order valence-corrected chi connectivity index (χ0v) is 8.13. The van der Waals surface area contributed by atoms with Gasteiger partial charge in [0.05, 0.1) is 6.61 Å². The normalized spacial score (nSPS) is 9.77. The molecule has 0 radical (unpaired) electrons. The van der Waals surface area contributed by atoms with Crippen LogP contribution >= 0.6 is 0 Å². The fraction of sp³-hybridized carbons (Fsp3) is 0.444. The van der Waals surface area contributed by atoms with Crippen LogP contribution in [0.2, 0.25) is 0 Å². The molecule has 1 heterocycles. The number of rotatable bonds is 3. The molecule has 0 saturated carbocycles. The van der Waals surface area contributed by atoms with Gasteiger partial charge < -0.3 is 14.6 Å². The van der Waals surface area contributed by atoms with Gasteiger partial charge in [-0.3, -0.25) is 4.79 Å². The fourth-order valence-corrected chi connectivity index (χ4v) is 0.978. The van der Waals surface area contributed by atoms with Crippen LogP contribution in [0.15, 0.2) is 16.9 Å². The highest BCUT2D eigenvalue weighted by molar-refractivity contribution is 5.38. The molecular weight excluding hydrogens is 168 g/mol. The van der Waals surface area contributed by atoms with Crippen molar-refractivity contribution < 1.29 is 4.74 Å². The van der Waals surface area contributed by atoms with Crippen molar-refractivity contribution in [2.45, 2.75) is 6.92 Å². The molecule has 0 aromatic carbocycles. The summed E-state index contributed by atoms with van der Waals surface area (Å²) >= 11 is 0. The maximum Gasteiger partial charge on any atom is 0.196 e. The predicted molar refractivity (Wildman–Crippen MR) is 52.6 cm³/mol. The number of anilines is 1. The molecule has 1 aromatic heterocycles. The van der Waals surface area contributed by atoms with Gasteiger partial charge in [-0.1, -0.05) is 0 Å². The number of H-pyrrole nitrogens is 1. The number of hydrogen-bond donors (Lipinski definition) is 1. The molecule has 4 nitrogen and oxygen atoms in total. The first-order valence-corrected chi connectivity index (χ1v) is 4.18. The molecule has 0 unspecified atom stereocenters. The van der Waals surface area contributed by atoms with Crippen molar-refractivity contribution in [1.82, 2.24) is 4.98 Å². The lowest BCUT2D eigenvalue weighted by atomic mass is 10.4. The van der Waals surface area contributed by atoms with Crippen LogP contribution in [-0.4, -0.2) is 25.7 Å². The molecule has 0 spiro atoms. The summed E-state index contributed by atoms with van der Waals surface area (Å²) < 4.78 is 5.20. The summed E-state index contributed by atoms with van der Waals surface area (Å²) in [6.07, 6.45) is 0. The Morgan fingerprint density at radius 1 is 1.46 bits per heavy atom. The number of nitrogens with one attached hydrogen (secondary N) is 1. The minimum atomic E-state index is -0.0501. The summed E-state index contributed by atoms with van der Waals surface area (Å²) in [7, 11) is 3.72. The molecule has 0 saturated heterocycles. The first-order chi connectivity index (χ1) is 6.13. The lowest BCUT2D eigenvalue weighted by Gasteiger charge is -2.13. The lowest BCUT2D eigenvalue weighted by Crippen LogP contribution is -2.14. The number of nitrogens with zero attached hydrogens (tertiary/aromatic N) is 1. The maximum absolute atomic E-state index is 11.2. The standard InChI is InChI=1S/C9H14N2O2/c1-4-13-9-6-7(12)5-8(10-9)11(2)3/h5-6H,4H2,1-3H3,(H,10,12). The zero-order valence-electron chi connectivity index (χ0n) is 8.13. The molecule has 1 rings (SSSR count). The summed E-state index contributed by atoms with van der Waals surface area (Å²) in [5.74, 6) is 1.26. The average molecular weight is 182 g/mol. The van der Waals surface area contributed by atoms with Crippen molar-refractivity contribution in [1.29, 1.82) is 0 Å². The quantitative estimate of drug-likeness (QED) is 0.753. The van der Waals surface area contributed by atoms with Gasteiger partial charge in [0.25, 0.3) is 0 Å². The van der Waals surface area contributed by atoms with Gasteiger partial charge in [-0.05, 0) is 6.92 Å². The second-order valence-corrected chi connectivity index (χ2v) is 2.89. The molecule has 13 heavy (non-hydrogen) atoms. The van der Waals surface area contributed by atoms with E-state index in [1.165, 1.54) is 12.1 Å². The molecule has 0 atom stereocenters. The second kappa shape index (κ2) is 3.98. The minimum absolute atomic E-state index is 0.0501.